The van der Waals surface area contributed by atoms with Crippen molar-refractivity contribution < 1.29 is 9.59 Å². The second kappa shape index (κ2) is 8.68. The summed E-state index contributed by atoms with van der Waals surface area (Å²) in [6.45, 7) is 5.99. The molecule has 1 saturated carbocycles. The number of aliphatic imine (C=N–C) groups is 1. The maximum Gasteiger partial charge on any atom is 0.271 e. The number of carbonyl (C=O) groups excluding carboxylic acids is 2. The van der Waals surface area contributed by atoms with Gasteiger partial charge in [-0.05, 0) is 24.7 Å². The van der Waals surface area contributed by atoms with Crippen LogP contribution >= 0.6 is 0 Å². The van der Waals surface area contributed by atoms with Gasteiger partial charge in [-0.25, -0.2) is 9.97 Å². The van der Waals surface area contributed by atoms with Gasteiger partial charge in [-0.3, -0.25) is 14.6 Å². The van der Waals surface area contributed by atoms with Crippen molar-refractivity contribution in [3.8, 4) is 0 Å². The van der Waals surface area contributed by atoms with Crippen molar-refractivity contribution in [3.05, 3.63) is 23.8 Å². The van der Waals surface area contributed by atoms with E-state index in [2.05, 4.69) is 25.6 Å². The molecule has 0 unspecified atom stereocenters. The van der Waals surface area contributed by atoms with Gasteiger partial charge in [-0.15, -0.1) is 0 Å². The number of anilines is 2. The van der Waals surface area contributed by atoms with E-state index in [0.29, 0.717) is 18.2 Å². The molecule has 1 atom stereocenters. The Labute approximate surface area is 164 Å². The molecule has 0 bridgehead atoms. The Hall–Kier alpha value is -3.17. The third-order valence-corrected chi connectivity index (χ3v) is 3.90. The Balaban J connectivity index is 2.25. The number of amides is 2. The molecule has 0 aromatic carbocycles. The van der Waals surface area contributed by atoms with Gasteiger partial charge in [0, 0.05) is 12.4 Å². The number of hydrogen-bond donors (Lipinski definition) is 5. The summed E-state index contributed by atoms with van der Waals surface area (Å²) < 4.78 is 0. The lowest BCUT2D eigenvalue weighted by Crippen LogP contribution is -2.38. The molecule has 10 nitrogen and oxygen atoms in total. The lowest BCUT2D eigenvalue weighted by Gasteiger charge is -2.25. The van der Waals surface area contributed by atoms with E-state index in [1.807, 2.05) is 20.8 Å². The van der Waals surface area contributed by atoms with Crippen molar-refractivity contribution in [1.82, 2.24) is 9.97 Å². The van der Waals surface area contributed by atoms with E-state index >= 15 is 0 Å². The minimum atomic E-state index is -0.752. The third-order valence-electron chi connectivity index (χ3n) is 3.90. The molecule has 1 aromatic heterocycles. The maximum absolute atomic E-state index is 11.8. The Morgan fingerprint density at radius 2 is 2.04 bits per heavy atom. The predicted octanol–water partition coefficient (Wildman–Crippen LogP) is 0.723. The van der Waals surface area contributed by atoms with E-state index in [1.54, 1.807) is 6.21 Å². The monoisotopic (exact) mass is 388 g/mol. The zero-order valence-electron chi connectivity index (χ0n) is 16.4. The van der Waals surface area contributed by atoms with Crippen molar-refractivity contribution in [3.63, 3.8) is 0 Å². The number of carbonyl (C=O) groups is 2. The van der Waals surface area contributed by atoms with Crippen LogP contribution < -0.4 is 27.8 Å². The SMILES string of the molecule is CC(C)(C)C[C@@H](Nc1cnc(C(N)=O)c(N/C(C=NC2CC2)=C/N)n1)C(N)=O. The third kappa shape index (κ3) is 6.53. The summed E-state index contributed by atoms with van der Waals surface area (Å²) in [6.07, 6.45) is 6.80. The Morgan fingerprint density at radius 1 is 1.36 bits per heavy atom. The summed E-state index contributed by atoms with van der Waals surface area (Å²) in [5, 5.41) is 5.88. The molecule has 10 heteroatoms. The number of rotatable bonds is 9. The number of primary amides is 2. The number of aromatic nitrogens is 2. The van der Waals surface area contributed by atoms with Gasteiger partial charge in [0.2, 0.25) is 5.91 Å². The van der Waals surface area contributed by atoms with Gasteiger partial charge >= 0.3 is 0 Å². The fourth-order valence-electron chi connectivity index (χ4n) is 2.40. The second-order valence-electron chi connectivity index (χ2n) is 7.94. The van der Waals surface area contributed by atoms with Crippen LogP contribution in [-0.4, -0.2) is 40.1 Å². The molecular formula is C18H28N8O2. The van der Waals surface area contributed by atoms with Gasteiger partial charge in [0.1, 0.15) is 11.9 Å². The highest BCUT2D eigenvalue weighted by Crippen LogP contribution is 2.24. The first-order valence-electron chi connectivity index (χ1n) is 9.04. The van der Waals surface area contributed by atoms with Crippen LogP contribution in [0.5, 0.6) is 0 Å². The normalized spacial score (nSPS) is 16.0. The fourth-order valence-corrected chi connectivity index (χ4v) is 2.40. The van der Waals surface area contributed by atoms with E-state index in [-0.39, 0.29) is 22.7 Å². The molecule has 1 aliphatic carbocycles. The molecule has 8 N–H and O–H groups in total. The topological polar surface area (TPSA) is 174 Å². The molecule has 2 amide bonds. The molecule has 1 aliphatic rings. The van der Waals surface area contributed by atoms with E-state index in [9.17, 15) is 9.59 Å². The molecule has 0 spiro atoms. The number of nitrogens with two attached hydrogens (primary N) is 3. The molecule has 2 rings (SSSR count). The Morgan fingerprint density at radius 3 is 2.54 bits per heavy atom. The zero-order chi connectivity index (χ0) is 20.9. The van der Waals surface area contributed by atoms with Crippen molar-refractivity contribution in [2.45, 2.75) is 52.1 Å². The second-order valence-corrected chi connectivity index (χ2v) is 7.94. The summed E-state index contributed by atoms with van der Waals surface area (Å²) in [7, 11) is 0. The van der Waals surface area contributed by atoms with Crippen molar-refractivity contribution >= 4 is 29.7 Å². The van der Waals surface area contributed by atoms with Crippen LogP contribution in [0.1, 0.15) is 50.5 Å². The number of nitrogens with one attached hydrogen (secondary N) is 2. The van der Waals surface area contributed by atoms with Crippen LogP contribution in [0.3, 0.4) is 0 Å². The molecule has 0 aliphatic heterocycles. The van der Waals surface area contributed by atoms with E-state index in [4.69, 9.17) is 17.2 Å². The molecule has 0 radical (unpaired) electrons. The zero-order valence-corrected chi connectivity index (χ0v) is 16.4. The first-order valence-corrected chi connectivity index (χ1v) is 9.04. The standard InChI is InChI=1S/C18H28N8O2/c1-18(2,3)6-12(15(20)27)25-13-9-23-14(16(21)28)17(26-13)24-11(7-19)8-22-10-4-5-10/h7-10,12H,4-6,19H2,1-3H3,(H2,20,27)(H2,21,28)(H2,24,25,26)/b11-7+,22-8?/t12-/m1/s1. The van der Waals surface area contributed by atoms with Crippen LogP contribution in [0, 0.1) is 5.41 Å². The number of nitrogens with zero attached hydrogens (tertiary/aromatic N) is 3. The first kappa shape index (κ1) is 21.1. The van der Waals surface area contributed by atoms with Crippen LogP contribution in [-0.2, 0) is 4.79 Å². The van der Waals surface area contributed by atoms with Crippen molar-refractivity contribution in [2.24, 2.45) is 27.6 Å². The van der Waals surface area contributed by atoms with E-state index < -0.39 is 17.9 Å². The molecule has 1 heterocycles. The first-order chi connectivity index (χ1) is 13.1. The van der Waals surface area contributed by atoms with Gasteiger partial charge in [0.15, 0.2) is 11.5 Å². The van der Waals surface area contributed by atoms with Gasteiger partial charge in [-0.1, -0.05) is 20.8 Å². The van der Waals surface area contributed by atoms with Crippen LogP contribution in [0.2, 0.25) is 0 Å². The van der Waals surface area contributed by atoms with Crippen molar-refractivity contribution in [1.29, 1.82) is 0 Å². The highest BCUT2D eigenvalue weighted by Gasteiger charge is 2.24. The Bertz CT molecular complexity index is 793. The van der Waals surface area contributed by atoms with Crippen molar-refractivity contribution in [2.75, 3.05) is 10.6 Å². The maximum atomic E-state index is 11.8. The summed E-state index contributed by atoms with van der Waals surface area (Å²) in [6, 6.07) is -0.345. The van der Waals surface area contributed by atoms with Crippen LogP contribution in [0.25, 0.3) is 0 Å². The van der Waals surface area contributed by atoms with Crippen LogP contribution in [0.15, 0.2) is 23.1 Å². The highest BCUT2D eigenvalue weighted by atomic mass is 16.1. The summed E-state index contributed by atoms with van der Waals surface area (Å²) in [5.41, 5.74) is 16.8. The van der Waals surface area contributed by atoms with Crippen LogP contribution in [0.4, 0.5) is 11.6 Å². The smallest absolute Gasteiger partial charge is 0.271 e. The molecular weight excluding hydrogens is 360 g/mol. The van der Waals surface area contributed by atoms with Gasteiger partial charge < -0.3 is 27.8 Å². The molecule has 152 valence electrons. The summed E-state index contributed by atoms with van der Waals surface area (Å²) in [4.78, 5) is 36.2. The minimum absolute atomic E-state index is 0.0591. The predicted molar refractivity (Wildman–Crippen MR) is 109 cm³/mol. The average Bonchev–Trinajstić information content (AvgIpc) is 3.41. The fraction of sp³-hybridized carbons (Fsp3) is 0.500. The van der Waals surface area contributed by atoms with Gasteiger partial charge in [0.05, 0.1) is 17.9 Å². The number of allylic oxidation sites excluding steroid dienone is 1. The summed E-state index contributed by atoms with van der Waals surface area (Å²) in [5.74, 6) is -0.881. The van der Waals surface area contributed by atoms with Gasteiger partial charge in [-0.2, -0.15) is 0 Å². The molecule has 1 aromatic rings. The molecule has 28 heavy (non-hydrogen) atoms. The lowest BCUT2D eigenvalue weighted by atomic mass is 9.88. The highest BCUT2D eigenvalue weighted by molar-refractivity contribution is 5.97. The average molecular weight is 388 g/mol. The quantitative estimate of drug-likeness (QED) is 0.387. The summed E-state index contributed by atoms with van der Waals surface area (Å²) >= 11 is 0. The number of hydrogen-bond acceptors (Lipinski definition) is 8. The largest absolute Gasteiger partial charge is 0.403 e. The minimum Gasteiger partial charge on any atom is -0.403 e. The Kier molecular flexibility index (Phi) is 6.55. The van der Waals surface area contributed by atoms with E-state index in [0.717, 1.165) is 12.8 Å². The lowest BCUT2D eigenvalue weighted by molar-refractivity contribution is -0.119. The molecule has 0 saturated heterocycles. The van der Waals surface area contributed by atoms with E-state index in [1.165, 1.54) is 12.4 Å². The van der Waals surface area contributed by atoms with Gasteiger partial charge in [0.25, 0.3) is 5.91 Å². The molecule has 1 fully saturated rings.